The fourth-order valence-corrected chi connectivity index (χ4v) is 3.09. The number of hydrogen-bond donors (Lipinski definition) is 1. The van der Waals surface area contributed by atoms with Crippen LogP contribution in [0.25, 0.3) is 0 Å². The normalized spacial score (nSPS) is 12.5. The van der Waals surface area contributed by atoms with E-state index in [-0.39, 0.29) is 11.9 Å². The minimum Gasteiger partial charge on any atom is -0.320 e. The highest BCUT2D eigenvalue weighted by molar-refractivity contribution is 14.1. The summed E-state index contributed by atoms with van der Waals surface area (Å²) in [4.78, 5) is 0. The lowest BCUT2D eigenvalue weighted by Crippen LogP contribution is -2.15. The summed E-state index contributed by atoms with van der Waals surface area (Å²) < 4.78 is 14.0. The van der Waals surface area contributed by atoms with Gasteiger partial charge in [0.25, 0.3) is 0 Å². The highest BCUT2D eigenvalue weighted by Gasteiger charge is 2.16. The molecule has 0 saturated heterocycles. The van der Waals surface area contributed by atoms with Crippen molar-refractivity contribution in [3.05, 3.63) is 67.0 Å². The van der Waals surface area contributed by atoms with Crippen LogP contribution in [0.4, 0.5) is 4.39 Å². The van der Waals surface area contributed by atoms with Gasteiger partial charge >= 0.3 is 0 Å². The molecule has 1 unspecified atom stereocenters. The first-order valence-corrected chi connectivity index (χ1v) is 7.33. The van der Waals surface area contributed by atoms with Gasteiger partial charge in [0, 0.05) is 8.59 Å². The Morgan fingerprint density at radius 2 is 1.79 bits per heavy atom. The molecule has 0 aliphatic rings. The standard InChI is InChI=1S/C15H14ClFIN/c1-8-6-13(16)9(2)5-12(8)15(19)11-4-3-10(17)7-14(11)18/h3-7,15H,19H2,1-2H3. The number of halogens is 3. The second kappa shape index (κ2) is 5.77. The number of nitrogens with two attached hydrogens (primary N) is 1. The SMILES string of the molecule is Cc1cc(C(N)c2ccc(F)cc2I)c(C)cc1Cl. The van der Waals surface area contributed by atoms with Crippen molar-refractivity contribution in [2.45, 2.75) is 19.9 Å². The molecule has 0 aliphatic heterocycles. The largest absolute Gasteiger partial charge is 0.320 e. The summed E-state index contributed by atoms with van der Waals surface area (Å²) in [6, 6.07) is 8.32. The molecule has 2 aromatic rings. The van der Waals surface area contributed by atoms with Crippen LogP contribution >= 0.6 is 34.2 Å². The Morgan fingerprint density at radius 1 is 1.11 bits per heavy atom. The van der Waals surface area contributed by atoms with Crippen LogP contribution in [0.15, 0.2) is 30.3 Å². The Labute approximate surface area is 131 Å². The lowest BCUT2D eigenvalue weighted by molar-refractivity contribution is 0.625. The maximum absolute atomic E-state index is 13.1. The third-order valence-corrected chi connectivity index (χ3v) is 4.52. The van der Waals surface area contributed by atoms with Crippen LogP contribution < -0.4 is 5.73 Å². The molecule has 1 nitrogen and oxygen atoms in total. The molecule has 0 heterocycles. The molecule has 2 rings (SSSR count). The van der Waals surface area contributed by atoms with Crippen LogP contribution in [0.2, 0.25) is 5.02 Å². The molecular weight excluding hydrogens is 376 g/mol. The van der Waals surface area contributed by atoms with Gasteiger partial charge in [-0.3, -0.25) is 0 Å². The summed E-state index contributed by atoms with van der Waals surface area (Å²) in [6.07, 6.45) is 0. The molecule has 0 aliphatic carbocycles. The Bertz CT molecular complexity index is 628. The Balaban J connectivity index is 2.49. The third kappa shape index (κ3) is 3.09. The van der Waals surface area contributed by atoms with Gasteiger partial charge in [0.05, 0.1) is 6.04 Å². The predicted octanol–water partition coefficient (Wildman–Crippen LogP) is 4.75. The second-order valence-electron chi connectivity index (χ2n) is 4.60. The zero-order valence-electron chi connectivity index (χ0n) is 10.7. The highest BCUT2D eigenvalue weighted by atomic mass is 127. The van der Waals surface area contributed by atoms with Crippen LogP contribution in [0.3, 0.4) is 0 Å². The third-order valence-electron chi connectivity index (χ3n) is 3.18. The lowest BCUT2D eigenvalue weighted by Gasteiger charge is -2.18. The van der Waals surface area contributed by atoms with Crippen LogP contribution in [-0.4, -0.2) is 0 Å². The minimum absolute atomic E-state index is 0.246. The van der Waals surface area contributed by atoms with E-state index in [1.165, 1.54) is 12.1 Å². The van der Waals surface area contributed by atoms with E-state index in [1.54, 1.807) is 6.07 Å². The van der Waals surface area contributed by atoms with Crippen molar-refractivity contribution in [2.75, 3.05) is 0 Å². The van der Waals surface area contributed by atoms with E-state index in [1.807, 2.05) is 26.0 Å². The summed E-state index contributed by atoms with van der Waals surface area (Å²) in [5.74, 6) is -0.246. The molecule has 0 radical (unpaired) electrons. The van der Waals surface area contributed by atoms with E-state index >= 15 is 0 Å². The molecule has 0 spiro atoms. The van der Waals surface area contributed by atoms with Gasteiger partial charge in [0.2, 0.25) is 0 Å². The van der Waals surface area contributed by atoms with Crippen molar-refractivity contribution in [1.82, 2.24) is 0 Å². The summed E-state index contributed by atoms with van der Waals surface area (Å²) >= 11 is 8.21. The first-order valence-electron chi connectivity index (χ1n) is 5.87. The van der Waals surface area contributed by atoms with E-state index < -0.39 is 0 Å². The fourth-order valence-electron chi connectivity index (χ4n) is 2.06. The average molecular weight is 390 g/mol. The van der Waals surface area contributed by atoms with Crippen molar-refractivity contribution >= 4 is 34.2 Å². The summed E-state index contributed by atoms with van der Waals surface area (Å²) in [5.41, 5.74) is 10.3. The monoisotopic (exact) mass is 389 g/mol. The molecule has 2 aromatic carbocycles. The molecule has 0 saturated carbocycles. The number of benzene rings is 2. The van der Waals surface area contributed by atoms with Gasteiger partial charge in [0.15, 0.2) is 0 Å². The molecule has 4 heteroatoms. The number of aryl methyl sites for hydroxylation is 2. The van der Waals surface area contributed by atoms with E-state index in [0.29, 0.717) is 0 Å². The molecule has 0 fully saturated rings. The molecule has 0 amide bonds. The first kappa shape index (κ1) is 14.8. The van der Waals surface area contributed by atoms with E-state index in [2.05, 4.69) is 22.6 Å². The quantitative estimate of drug-likeness (QED) is 0.737. The van der Waals surface area contributed by atoms with Gasteiger partial charge < -0.3 is 5.73 Å². The molecule has 0 aromatic heterocycles. The van der Waals surface area contributed by atoms with Gasteiger partial charge in [-0.05, 0) is 76.9 Å². The summed E-state index contributed by atoms with van der Waals surface area (Å²) in [7, 11) is 0. The van der Waals surface area contributed by atoms with Crippen LogP contribution in [0.1, 0.15) is 28.3 Å². The van der Waals surface area contributed by atoms with Crippen molar-refractivity contribution in [3.8, 4) is 0 Å². The van der Waals surface area contributed by atoms with E-state index in [4.69, 9.17) is 17.3 Å². The van der Waals surface area contributed by atoms with Crippen LogP contribution in [-0.2, 0) is 0 Å². The van der Waals surface area contributed by atoms with Gasteiger partial charge in [-0.2, -0.15) is 0 Å². The second-order valence-corrected chi connectivity index (χ2v) is 6.17. The lowest BCUT2D eigenvalue weighted by atomic mass is 9.94. The van der Waals surface area contributed by atoms with Gasteiger partial charge in [-0.1, -0.05) is 23.7 Å². The zero-order chi connectivity index (χ0) is 14.2. The van der Waals surface area contributed by atoms with Gasteiger partial charge in [0.1, 0.15) is 5.82 Å². The van der Waals surface area contributed by atoms with Crippen molar-refractivity contribution in [3.63, 3.8) is 0 Å². The maximum atomic E-state index is 13.1. The number of hydrogen-bond acceptors (Lipinski definition) is 1. The van der Waals surface area contributed by atoms with Crippen LogP contribution in [0.5, 0.6) is 0 Å². The smallest absolute Gasteiger partial charge is 0.124 e. The molecule has 1 atom stereocenters. The predicted molar refractivity (Wildman–Crippen MR) is 86.1 cm³/mol. The molecular formula is C15H14ClFIN. The van der Waals surface area contributed by atoms with Gasteiger partial charge in [-0.25, -0.2) is 4.39 Å². The van der Waals surface area contributed by atoms with E-state index in [0.717, 1.165) is 30.8 Å². The fraction of sp³-hybridized carbons (Fsp3) is 0.200. The highest BCUT2D eigenvalue weighted by Crippen LogP contribution is 2.30. The number of rotatable bonds is 2. The van der Waals surface area contributed by atoms with Crippen LogP contribution in [0, 0.1) is 23.2 Å². The molecule has 19 heavy (non-hydrogen) atoms. The van der Waals surface area contributed by atoms with Crippen molar-refractivity contribution < 1.29 is 4.39 Å². The van der Waals surface area contributed by atoms with E-state index in [9.17, 15) is 4.39 Å². The molecule has 100 valence electrons. The van der Waals surface area contributed by atoms with Crippen molar-refractivity contribution in [2.24, 2.45) is 5.73 Å². The summed E-state index contributed by atoms with van der Waals surface area (Å²) in [6.45, 7) is 3.94. The Morgan fingerprint density at radius 3 is 2.42 bits per heavy atom. The molecule has 0 bridgehead atoms. The Hall–Kier alpha value is -0.650. The maximum Gasteiger partial charge on any atom is 0.124 e. The minimum atomic E-state index is -0.275. The first-order chi connectivity index (χ1) is 8.90. The van der Waals surface area contributed by atoms with Gasteiger partial charge in [-0.15, -0.1) is 0 Å². The average Bonchev–Trinajstić information content (AvgIpc) is 2.33. The Kier molecular flexibility index (Phi) is 4.48. The van der Waals surface area contributed by atoms with Crippen molar-refractivity contribution in [1.29, 1.82) is 0 Å². The summed E-state index contributed by atoms with van der Waals surface area (Å²) in [5, 5.41) is 0.738. The molecule has 2 N–H and O–H groups in total. The topological polar surface area (TPSA) is 26.0 Å². The zero-order valence-corrected chi connectivity index (χ0v) is 13.6.